The van der Waals surface area contributed by atoms with E-state index < -0.39 is 0 Å². The fourth-order valence-electron chi connectivity index (χ4n) is 1.63. The van der Waals surface area contributed by atoms with Gasteiger partial charge >= 0.3 is 0 Å². The molecule has 0 amide bonds. The largest absolute Gasteiger partial charge is 0.618 e. The first-order valence-corrected chi connectivity index (χ1v) is 5.61. The quantitative estimate of drug-likeness (QED) is 0.476. The average molecular weight is 253 g/mol. The zero-order chi connectivity index (χ0) is 12.3. The molecule has 0 atom stereocenters. The maximum atomic E-state index is 11.3. The van der Waals surface area contributed by atoms with Crippen molar-refractivity contribution in [3.63, 3.8) is 0 Å². The Bertz CT molecular complexity index is 485. The van der Waals surface area contributed by atoms with Gasteiger partial charge in [-0.15, -0.1) is 0 Å². The highest BCUT2D eigenvalue weighted by Crippen LogP contribution is 2.09. The maximum absolute atomic E-state index is 11.3. The number of rotatable bonds is 4. The number of hydrogen-bond donors (Lipinski definition) is 0. The van der Waals surface area contributed by atoms with E-state index in [9.17, 15) is 5.21 Å². The third-order valence-corrected chi connectivity index (χ3v) is 2.68. The molecule has 0 aliphatic rings. The number of furan rings is 1. The van der Waals surface area contributed by atoms with E-state index in [2.05, 4.69) is 4.90 Å². The summed E-state index contributed by atoms with van der Waals surface area (Å²) >= 11 is 5.65. The van der Waals surface area contributed by atoms with Gasteiger partial charge in [-0.3, -0.25) is 4.90 Å². The molecule has 0 saturated heterocycles. The van der Waals surface area contributed by atoms with Crippen molar-refractivity contribution < 1.29 is 9.15 Å². The van der Waals surface area contributed by atoms with E-state index >= 15 is 0 Å². The van der Waals surface area contributed by atoms with E-state index in [1.807, 2.05) is 25.2 Å². The Morgan fingerprint density at radius 3 is 2.82 bits per heavy atom. The van der Waals surface area contributed by atoms with Gasteiger partial charge in [0.15, 0.2) is 6.20 Å². The Balaban J connectivity index is 1.98. The van der Waals surface area contributed by atoms with Crippen LogP contribution in [0.1, 0.15) is 11.3 Å². The van der Waals surface area contributed by atoms with Crippen LogP contribution in [0, 0.1) is 5.21 Å². The molecule has 0 aliphatic carbocycles. The molecule has 2 aromatic rings. The zero-order valence-corrected chi connectivity index (χ0v) is 10.2. The summed E-state index contributed by atoms with van der Waals surface area (Å²) in [6.45, 7) is 1.37. The molecular weight excluding hydrogens is 240 g/mol. The summed E-state index contributed by atoms with van der Waals surface area (Å²) in [5.74, 6) is 0.900. The summed E-state index contributed by atoms with van der Waals surface area (Å²) in [4.78, 5) is 2.06. The van der Waals surface area contributed by atoms with Crippen molar-refractivity contribution in [1.29, 1.82) is 0 Å². The zero-order valence-electron chi connectivity index (χ0n) is 9.47. The number of aromatic nitrogens is 1. The van der Waals surface area contributed by atoms with Crippen LogP contribution in [-0.2, 0) is 13.1 Å². The summed E-state index contributed by atoms with van der Waals surface area (Å²) in [7, 11) is 1.96. The lowest BCUT2D eigenvalue weighted by molar-refractivity contribution is -0.603. The molecule has 0 aliphatic heterocycles. The SMILES string of the molecule is CN(Cc1ccc(Cl)[n+]([O-])c1)Cc1ccco1. The molecule has 2 heterocycles. The Morgan fingerprint density at radius 1 is 1.35 bits per heavy atom. The number of hydrogen-bond acceptors (Lipinski definition) is 3. The first kappa shape index (κ1) is 12.0. The number of halogens is 1. The Morgan fingerprint density at radius 2 is 2.18 bits per heavy atom. The lowest BCUT2D eigenvalue weighted by Crippen LogP contribution is -2.28. The van der Waals surface area contributed by atoms with Crippen molar-refractivity contribution in [2.24, 2.45) is 0 Å². The third kappa shape index (κ3) is 3.22. The lowest BCUT2D eigenvalue weighted by atomic mass is 10.2. The Kier molecular flexibility index (Phi) is 3.66. The standard InChI is InChI=1S/C12H13ClN2O2/c1-14(9-11-3-2-6-17-11)7-10-4-5-12(13)15(16)8-10/h2-6,8H,7,9H2,1H3. The van der Waals surface area contributed by atoms with E-state index in [1.165, 1.54) is 6.20 Å². The topological polar surface area (TPSA) is 43.3 Å². The van der Waals surface area contributed by atoms with Gasteiger partial charge in [-0.1, -0.05) is 0 Å². The van der Waals surface area contributed by atoms with E-state index in [1.54, 1.807) is 12.3 Å². The number of pyridine rings is 1. The van der Waals surface area contributed by atoms with Gasteiger partial charge in [0.25, 0.3) is 5.15 Å². The molecule has 0 radical (unpaired) electrons. The maximum Gasteiger partial charge on any atom is 0.286 e. The van der Waals surface area contributed by atoms with Crippen molar-refractivity contribution >= 4 is 11.6 Å². The van der Waals surface area contributed by atoms with E-state index in [-0.39, 0.29) is 5.15 Å². The third-order valence-electron chi connectivity index (χ3n) is 2.39. The summed E-state index contributed by atoms with van der Waals surface area (Å²) in [5.41, 5.74) is 0.915. The van der Waals surface area contributed by atoms with Gasteiger partial charge in [0.05, 0.1) is 12.8 Å². The normalized spacial score (nSPS) is 11.0. The van der Waals surface area contributed by atoms with Gasteiger partial charge in [0.2, 0.25) is 0 Å². The van der Waals surface area contributed by atoms with Crippen LogP contribution in [0.5, 0.6) is 0 Å². The Hall–Kier alpha value is -1.52. The Labute approximate surface area is 105 Å². The first-order chi connectivity index (χ1) is 8.15. The predicted octanol–water partition coefficient (Wildman–Crippen LogP) is 2.20. The monoisotopic (exact) mass is 252 g/mol. The van der Waals surface area contributed by atoms with Crippen LogP contribution in [0.2, 0.25) is 5.15 Å². The fourth-order valence-corrected chi connectivity index (χ4v) is 1.75. The van der Waals surface area contributed by atoms with Crippen LogP contribution < -0.4 is 4.73 Å². The van der Waals surface area contributed by atoms with E-state index in [0.29, 0.717) is 17.8 Å². The molecule has 0 unspecified atom stereocenters. The highest BCUT2D eigenvalue weighted by atomic mass is 35.5. The summed E-state index contributed by atoms with van der Waals surface area (Å²) in [5, 5.41) is 11.5. The molecular formula is C12H13ClN2O2. The molecule has 90 valence electrons. The molecule has 5 heteroatoms. The highest BCUT2D eigenvalue weighted by Gasteiger charge is 2.07. The summed E-state index contributed by atoms with van der Waals surface area (Å²) < 4.78 is 5.92. The minimum Gasteiger partial charge on any atom is -0.618 e. The van der Waals surface area contributed by atoms with Crippen molar-refractivity contribution in [2.75, 3.05) is 7.05 Å². The molecule has 2 rings (SSSR count). The van der Waals surface area contributed by atoms with Crippen LogP contribution >= 0.6 is 11.6 Å². The lowest BCUT2D eigenvalue weighted by Gasteiger charge is -2.14. The second-order valence-electron chi connectivity index (χ2n) is 3.94. The van der Waals surface area contributed by atoms with Crippen molar-refractivity contribution in [1.82, 2.24) is 4.90 Å². The predicted molar refractivity (Wildman–Crippen MR) is 64.3 cm³/mol. The van der Waals surface area contributed by atoms with Crippen LogP contribution in [0.3, 0.4) is 0 Å². The molecule has 17 heavy (non-hydrogen) atoms. The molecule has 0 N–H and O–H groups in total. The first-order valence-electron chi connectivity index (χ1n) is 5.23. The number of nitrogens with zero attached hydrogens (tertiary/aromatic N) is 2. The van der Waals surface area contributed by atoms with Gasteiger partial charge in [-0.05, 0) is 36.8 Å². The molecule has 0 bridgehead atoms. The molecule has 0 saturated carbocycles. The van der Waals surface area contributed by atoms with Gasteiger partial charge < -0.3 is 9.62 Å². The summed E-state index contributed by atoms with van der Waals surface area (Å²) in [6.07, 6.45) is 3.14. The van der Waals surface area contributed by atoms with E-state index in [4.69, 9.17) is 16.0 Å². The van der Waals surface area contributed by atoms with Crippen LogP contribution in [0.25, 0.3) is 0 Å². The highest BCUT2D eigenvalue weighted by molar-refractivity contribution is 6.28. The fraction of sp³-hybridized carbons (Fsp3) is 0.250. The van der Waals surface area contributed by atoms with Crippen LogP contribution in [-0.4, -0.2) is 11.9 Å². The summed E-state index contributed by atoms with van der Waals surface area (Å²) in [6, 6.07) is 7.23. The second kappa shape index (κ2) is 5.21. The molecule has 2 aromatic heterocycles. The van der Waals surface area contributed by atoms with Gasteiger partial charge in [-0.25, -0.2) is 0 Å². The molecule has 0 fully saturated rings. The van der Waals surface area contributed by atoms with Crippen molar-refractivity contribution in [3.8, 4) is 0 Å². The van der Waals surface area contributed by atoms with E-state index in [0.717, 1.165) is 11.3 Å². The smallest absolute Gasteiger partial charge is 0.286 e. The van der Waals surface area contributed by atoms with Crippen LogP contribution in [0.4, 0.5) is 0 Å². The van der Waals surface area contributed by atoms with Gasteiger partial charge in [0.1, 0.15) is 5.76 Å². The molecule has 4 nitrogen and oxygen atoms in total. The molecule has 0 spiro atoms. The van der Waals surface area contributed by atoms with Crippen molar-refractivity contribution in [2.45, 2.75) is 13.1 Å². The van der Waals surface area contributed by atoms with Crippen molar-refractivity contribution in [3.05, 3.63) is 58.4 Å². The van der Waals surface area contributed by atoms with Gasteiger partial charge in [-0.2, -0.15) is 4.73 Å². The average Bonchev–Trinajstić information content (AvgIpc) is 2.76. The minimum absolute atomic E-state index is 0.183. The second-order valence-corrected chi connectivity index (χ2v) is 4.32. The van der Waals surface area contributed by atoms with Gasteiger partial charge in [0, 0.05) is 18.2 Å². The molecule has 0 aromatic carbocycles. The van der Waals surface area contributed by atoms with Crippen LogP contribution in [0.15, 0.2) is 41.1 Å². The minimum atomic E-state index is 0.183.